The monoisotopic (exact) mass is 609 g/mol. The minimum absolute atomic E-state index is 1.13. The van der Waals surface area contributed by atoms with E-state index in [1.54, 1.807) is 0 Å². The smallest absolute Gasteiger partial charge is 0.0555 e. The Hall–Kier alpha value is -5.22. The van der Waals surface area contributed by atoms with E-state index in [1.807, 2.05) is 22.7 Å². The van der Waals surface area contributed by atoms with Gasteiger partial charge in [-0.15, -0.1) is 22.7 Å². The van der Waals surface area contributed by atoms with Crippen molar-refractivity contribution in [2.75, 3.05) is 4.90 Å². The van der Waals surface area contributed by atoms with Gasteiger partial charge in [0, 0.05) is 51.7 Å². The van der Waals surface area contributed by atoms with E-state index >= 15 is 0 Å². The molecule has 2 heterocycles. The van der Waals surface area contributed by atoms with Crippen LogP contribution in [-0.2, 0) is 0 Å². The molecule has 0 unspecified atom stereocenters. The van der Waals surface area contributed by atoms with Crippen molar-refractivity contribution in [2.45, 2.75) is 0 Å². The molecule has 0 bridgehead atoms. The molecule has 7 aromatic carbocycles. The van der Waals surface area contributed by atoms with Crippen LogP contribution in [0.5, 0.6) is 0 Å². The Kier molecular flexibility index (Phi) is 6.26. The fourth-order valence-corrected chi connectivity index (χ4v) is 9.02. The van der Waals surface area contributed by atoms with E-state index < -0.39 is 0 Å². The summed E-state index contributed by atoms with van der Waals surface area (Å²) in [5.41, 5.74) is 8.32. The van der Waals surface area contributed by atoms with E-state index in [9.17, 15) is 0 Å². The van der Waals surface area contributed by atoms with Crippen LogP contribution >= 0.6 is 22.7 Å². The molecule has 0 saturated carbocycles. The highest BCUT2D eigenvalue weighted by atomic mass is 32.1. The van der Waals surface area contributed by atoms with Crippen LogP contribution in [0, 0.1) is 0 Å². The fraction of sp³-hybridized carbons (Fsp3) is 0. The minimum Gasteiger partial charge on any atom is -0.310 e. The molecule has 0 aliphatic rings. The number of benzene rings is 7. The summed E-state index contributed by atoms with van der Waals surface area (Å²) in [7, 11) is 0. The van der Waals surface area contributed by atoms with Gasteiger partial charge in [-0.2, -0.15) is 0 Å². The van der Waals surface area contributed by atoms with Crippen molar-refractivity contribution in [1.29, 1.82) is 0 Å². The Labute approximate surface area is 269 Å². The van der Waals surface area contributed by atoms with Gasteiger partial charge in [-0.1, -0.05) is 115 Å². The van der Waals surface area contributed by atoms with Gasteiger partial charge in [-0.25, -0.2) is 0 Å². The maximum absolute atomic E-state index is 2.45. The van der Waals surface area contributed by atoms with Crippen LogP contribution in [0.3, 0.4) is 0 Å². The standard InChI is InChI=1S/C42H27NS2/c1-3-11-28(12-4-1)30-21-23-32(24-22-30)43(33-16-9-15-31(27-33)29-13-5-2-6-14-29)36-18-10-20-38-40(36)41-39(44-38)26-25-35-34-17-7-8-19-37(34)45-42(35)41/h1-27H. The van der Waals surface area contributed by atoms with Crippen molar-refractivity contribution >= 4 is 80.1 Å². The second-order valence-electron chi connectivity index (χ2n) is 11.3. The molecule has 0 aliphatic carbocycles. The zero-order chi connectivity index (χ0) is 29.7. The van der Waals surface area contributed by atoms with Crippen LogP contribution in [-0.4, -0.2) is 0 Å². The molecule has 0 aliphatic heterocycles. The molecule has 0 N–H and O–H groups in total. The SMILES string of the molecule is c1ccc(-c2ccc(N(c3cccc(-c4ccccc4)c3)c3cccc4sc5ccc6c7ccccc7sc6c5c34)cc2)cc1. The highest BCUT2D eigenvalue weighted by Gasteiger charge is 2.21. The molecule has 212 valence electrons. The first-order chi connectivity index (χ1) is 22.3. The molecule has 0 amide bonds. The van der Waals surface area contributed by atoms with Crippen LogP contribution in [0.1, 0.15) is 0 Å². The second-order valence-corrected chi connectivity index (χ2v) is 13.5. The summed E-state index contributed by atoms with van der Waals surface area (Å²) < 4.78 is 5.33. The predicted molar refractivity (Wildman–Crippen MR) is 198 cm³/mol. The average Bonchev–Trinajstić information content (AvgIpc) is 3.69. The molecule has 3 heteroatoms. The largest absolute Gasteiger partial charge is 0.310 e. The number of anilines is 3. The van der Waals surface area contributed by atoms with Crippen molar-refractivity contribution in [3.63, 3.8) is 0 Å². The van der Waals surface area contributed by atoms with E-state index in [1.165, 1.54) is 68.3 Å². The lowest BCUT2D eigenvalue weighted by Crippen LogP contribution is -2.10. The molecule has 9 rings (SSSR count). The second kappa shape index (κ2) is 10.7. The van der Waals surface area contributed by atoms with Gasteiger partial charge < -0.3 is 4.90 Å². The Morgan fingerprint density at radius 3 is 1.78 bits per heavy atom. The molecule has 0 atom stereocenters. The van der Waals surface area contributed by atoms with Gasteiger partial charge in [-0.3, -0.25) is 0 Å². The molecular weight excluding hydrogens is 583 g/mol. The molecule has 45 heavy (non-hydrogen) atoms. The highest BCUT2D eigenvalue weighted by Crippen LogP contribution is 2.49. The van der Waals surface area contributed by atoms with E-state index in [0.29, 0.717) is 0 Å². The summed E-state index contributed by atoms with van der Waals surface area (Å²) >= 11 is 3.80. The van der Waals surface area contributed by atoms with Crippen molar-refractivity contribution in [2.24, 2.45) is 0 Å². The van der Waals surface area contributed by atoms with Gasteiger partial charge in [0.2, 0.25) is 0 Å². The van der Waals surface area contributed by atoms with Crippen LogP contribution in [0.25, 0.3) is 62.6 Å². The zero-order valence-electron chi connectivity index (χ0n) is 24.4. The minimum atomic E-state index is 1.13. The van der Waals surface area contributed by atoms with E-state index in [4.69, 9.17) is 0 Å². The van der Waals surface area contributed by atoms with Gasteiger partial charge in [0.25, 0.3) is 0 Å². The molecule has 0 fully saturated rings. The zero-order valence-corrected chi connectivity index (χ0v) is 26.0. The van der Waals surface area contributed by atoms with Crippen LogP contribution in [0.15, 0.2) is 164 Å². The average molecular weight is 610 g/mol. The lowest BCUT2D eigenvalue weighted by molar-refractivity contribution is 1.30. The molecule has 1 nitrogen and oxygen atoms in total. The molecule has 0 spiro atoms. The Morgan fingerprint density at radius 2 is 0.978 bits per heavy atom. The number of hydrogen-bond donors (Lipinski definition) is 0. The maximum atomic E-state index is 2.45. The number of hydrogen-bond acceptors (Lipinski definition) is 3. The number of thiophene rings is 2. The van der Waals surface area contributed by atoms with Gasteiger partial charge in [0.1, 0.15) is 0 Å². The topological polar surface area (TPSA) is 3.24 Å². The maximum Gasteiger partial charge on any atom is 0.0555 e. The summed E-state index contributed by atoms with van der Waals surface area (Å²) in [5, 5.41) is 5.34. The Morgan fingerprint density at radius 1 is 0.356 bits per heavy atom. The van der Waals surface area contributed by atoms with Crippen molar-refractivity contribution in [1.82, 2.24) is 0 Å². The van der Waals surface area contributed by atoms with Gasteiger partial charge in [0.15, 0.2) is 0 Å². The lowest BCUT2D eigenvalue weighted by atomic mass is 10.0. The van der Waals surface area contributed by atoms with Gasteiger partial charge >= 0.3 is 0 Å². The van der Waals surface area contributed by atoms with Crippen LogP contribution < -0.4 is 4.90 Å². The lowest BCUT2D eigenvalue weighted by Gasteiger charge is -2.27. The Balaban J connectivity index is 1.31. The van der Waals surface area contributed by atoms with E-state index in [-0.39, 0.29) is 0 Å². The number of nitrogens with zero attached hydrogens (tertiary/aromatic N) is 1. The predicted octanol–water partition coefficient (Wildman–Crippen LogP) is 13.2. The molecular formula is C42H27NS2. The van der Waals surface area contributed by atoms with Gasteiger partial charge in [0.05, 0.1) is 5.69 Å². The summed E-state index contributed by atoms with van der Waals surface area (Å²) in [5.74, 6) is 0. The summed E-state index contributed by atoms with van der Waals surface area (Å²) in [6.07, 6.45) is 0. The Bertz CT molecular complexity index is 2470. The highest BCUT2D eigenvalue weighted by molar-refractivity contribution is 7.29. The van der Waals surface area contributed by atoms with Crippen molar-refractivity contribution < 1.29 is 0 Å². The fourth-order valence-electron chi connectivity index (χ4n) is 6.57. The normalized spacial score (nSPS) is 11.6. The number of rotatable bonds is 5. The molecule has 0 radical (unpaired) electrons. The van der Waals surface area contributed by atoms with Crippen LogP contribution in [0.2, 0.25) is 0 Å². The summed E-state index contributed by atoms with van der Waals surface area (Å²) in [6, 6.07) is 59.4. The van der Waals surface area contributed by atoms with E-state index in [2.05, 4.69) is 169 Å². The third-order valence-corrected chi connectivity index (χ3v) is 11.0. The quantitative estimate of drug-likeness (QED) is 0.188. The first-order valence-corrected chi connectivity index (χ1v) is 16.8. The molecule has 2 aromatic heterocycles. The molecule has 0 saturated heterocycles. The molecule has 9 aromatic rings. The third kappa shape index (κ3) is 4.43. The first-order valence-electron chi connectivity index (χ1n) is 15.2. The number of fused-ring (bicyclic) bond motifs is 7. The van der Waals surface area contributed by atoms with Crippen molar-refractivity contribution in [3.05, 3.63) is 164 Å². The summed E-state index contributed by atoms with van der Waals surface area (Å²) in [6.45, 7) is 0. The third-order valence-electron chi connectivity index (χ3n) is 8.67. The van der Waals surface area contributed by atoms with Gasteiger partial charge in [-0.05, 0) is 70.8 Å². The van der Waals surface area contributed by atoms with Crippen LogP contribution in [0.4, 0.5) is 17.1 Å². The first kappa shape index (κ1) is 26.2. The summed E-state index contributed by atoms with van der Waals surface area (Å²) in [4.78, 5) is 2.45. The van der Waals surface area contributed by atoms with Crippen molar-refractivity contribution in [3.8, 4) is 22.3 Å². The van der Waals surface area contributed by atoms with E-state index in [0.717, 1.165) is 11.4 Å².